The highest BCUT2D eigenvalue weighted by Crippen LogP contribution is 2.31. The van der Waals surface area contributed by atoms with Gasteiger partial charge in [0.05, 0.1) is 5.60 Å². The Hall–Kier alpha value is -0.670. The molecule has 0 aromatic heterocycles. The number of nitrogen functional groups attached to an aromatic ring is 1. The molecule has 0 aliphatic carbocycles. The molecule has 0 fully saturated rings. The number of rotatable bonds is 4. The van der Waals surface area contributed by atoms with Gasteiger partial charge in [0.2, 0.25) is 0 Å². The summed E-state index contributed by atoms with van der Waals surface area (Å²) in [6.07, 6.45) is 0. The van der Waals surface area contributed by atoms with E-state index < -0.39 is 5.60 Å². The Bertz CT molecular complexity index is 361. The lowest BCUT2D eigenvalue weighted by Crippen LogP contribution is -2.33. The molecule has 0 radical (unpaired) electrons. The fraction of sp³-hybridized carbons (Fsp3) is 0.538. The maximum Gasteiger partial charge on any atom is 0.0736 e. The van der Waals surface area contributed by atoms with Gasteiger partial charge in [-0.15, -0.1) is 11.8 Å². The van der Waals surface area contributed by atoms with Crippen LogP contribution in [0, 0.1) is 12.8 Å². The molecule has 0 heterocycles. The van der Waals surface area contributed by atoms with Crippen molar-refractivity contribution in [2.24, 2.45) is 5.92 Å². The van der Waals surface area contributed by atoms with Crippen LogP contribution >= 0.6 is 11.8 Å². The predicted molar refractivity (Wildman–Crippen MR) is 71.8 cm³/mol. The van der Waals surface area contributed by atoms with Crippen molar-refractivity contribution in [2.45, 2.75) is 38.2 Å². The molecule has 2 nitrogen and oxygen atoms in total. The summed E-state index contributed by atoms with van der Waals surface area (Å²) >= 11 is 1.62. The maximum absolute atomic E-state index is 10.2. The van der Waals surface area contributed by atoms with Crippen LogP contribution in [0.4, 0.5) is 5.69 Å². The van der Waals surface area contributed by atoms with Crippen molar-refractivity contribution in [1.82, 2.24) is 0 Å². The van der Waals surface area contributed by atoms with Crippen LogP contribution in [0.25, 0.3) is 0 Å². The third-order valence-corrected chi connectivity index (χ3v) is 4.44. The van der Waals surface area contributed by atoms with Gasteiger partial charge in [0.25, 0.3) is 0 Å². The van der Waals surface area contributed by atoms with E-state index in [0.717, 1.165) is 16.1 Å². The summed E-state index contributed by atoms with van der Waals surface area (Å²) in [5.74, 6) is 0.907. The first kappa shape index (κ1) is 13.4. The summed E-state index contributed by atoms with van der Waals surface area (Å²) in [5.41, 5.74) is 7.25. The van der Waals surface area contributed by atoms with Crippen molar-refractivity contribution in [2.75, 3.05) is 11.5 Å². The summed E-state index contributed by atoms with van der Waals surface area (Å²) in [6.45, 7) is 7.93. The Morgan fingerprint density at radius 3 is 2.62 bits per heavy atom. The SMILES string of the molecule is Cc1cccc(SCC(C)(O)C(C)C)c1N. The molecular formula is C13H21NOS. The van der Waals surface area contributed by atoms with E-state index in [0.29, 0.717) is 5.75 Å². The van der Waals surface area contributed by atoms with Gasteiger partial charge in [-0.2, -0.15) is 0 Å². The molecule has 3 N–H and O–H groups in total. The van der Waals surface area contributed by atoms with Crippen molar-refractivity contribution in [3.05, 3.63) is 23.8 Å². The molecule has 1 aromatic rings. The van der Waals surface area contributed by atoms with Crippen LogP contribution in [-0.4, -0.2) is 16.5 Å². The molecule has 1 unspecified atom stereocenters. The average Bonchev–Trinajstić information content (AvgIpc) is 2.20. The molecule has 90 valence electrons. The number of benzene rings is 1. The fourth-order valence-electron chi connectivity index (χ4n) is 1.17. The second kappa shape index (κ2) is 5.11. The third-order valence-electron chi connectivity index (χ3n) is 3.05. The quantitative estimate of drug-likeness (QED) is 0.627. The van der Waals surface area contributed by atoms with Crippen molar-refractivity contribution in [1.29, 1.82) is 0 Å². The molecule has 0 bridgehead atoms. The first-order chi connectivity index (χ1) is 7.34. The van der Waals surface area contributed by atoms with Crippen LogP contribution in [0.5, 0.6) is 0 Å². The summed E-state index contributed by atoms with van der Waals surface area (Å²) in [6, 6.07) is 6.00. The van der Waals surface area contributed by atoms with Gasteiger partial charge in [-0.05, 0) is 31.4 Å². The molecule has 0 aliphatic rings. The lowest BCUT2D eigenvalue weighted by Gasteiger charge is -2.27. The van der Waals surface area contributed by atoms with Gasteiger partial charge >= 0.3 is 0 Å². The van der Waals surface area contributed by atoms with Gasteiger partial charge < -0.3 is 10.8 Å². The van der Waals surface area contributed by atoms with E-state index in [2.05, 4.69) is 0 Å². The van der Waals surface area contributed by atoms with Crippen LogP contribution in [0.1, 0.15) is 26.3 Å². The monoisotopic (exact) mass is 239 g/mol. The van der Waals surface area contributed by atoms with E-state index in [1.54, 1.807) is 11.8 Å². The summed E-state index contributed by atoms with van der Waals surface area (Å²) in [5, 5.41) is 10.2. The molecule has 16 heavy (non-hydrogen) atoms. The fourth-order valence-corrected chi connectivity index (χ4v) is 2.44. The summed E-state index contributed by atoms with van der Waals surface area (Å²) < 4.78 is 0. The summed E-state index contributed by atoms with van der Waals surface area (Å²) in [4.78, 5) is 1.06. The van der Waals surface area contributed by atoms with E-state index in [4.69, 9.17) is 5.73 Å². The van der Waals surface area contributed by atoms with E-state index >= 15 is 0 Å². The van der Waals surface area contributed by atoms with Gasteiger partial charge in [0.15, 0.2) is 0 Å². The largest absolute Gasteiger partial charge is 0.398 e. The number of hydrogen-bond acceptors (Lipinski definition) is 3. The minimum atomic E-state index is -0.652. The first-order valence-corrected chi connectivity index (χ1v) is 6.53. The third kappa shape index (κ3) is 3.16. The maximum atomic E-state index is 10.2. The van der Waals surface area contributed by atoms with Gasteiger partial charge in [-0.25, -0.2) is 0 Å². The van der Waals surface area contributed by atoms with E-state index in [1.807, 2.05) is 45.9 Å². The molecule has 1 rings (SSSR count). The molecule has 1 atom stereocenters. The Labute approximate surface area is 102 Å². The van der Waals surface area contributed by atoms with Crippen LogP contribution in [0.3, 0.4) is 0 Å². The Morgan fingerprint density at radius 2 is 2.06 bits per heavy atom. The highest BCUT2D eigenvalue weighted by atomic mass is 32.2. The van der Waals surface area contributed by atoms with Gasteiger partial charge in [-0.1, -0.05) is 26.0 Å². The molecule has 0 saturated heterocycles. The average molecular weight is 239 g/mol. The highest BCUT2D eigenvalue weighted by molar-refractivity contribution is 7.99. The second-order valence-electron chi connectivity index (χ2n) is 4.79. The minimum Gasteiger partial charge on any atom is -0.398 e. The zero-order valence-corrected chi connectivity index (χ0v) is 11.3. The van der Waals surface area contributed by atoms with Crippen molar-refractivity contribution < 1.29 is 5.11 Å². The zero-order chi connectivity index (χ0) is 12.3. The lowest BCUT2D eigenvalue weighted by molar-refractivity contribution is 0.0376. The Kier molecular flexibility index (Phi) is 4.28. The lowest BCUT2D eigenvalue weighted by atomic mass is 9.95. The number of aliphatic hydroxyl groups is 1. The number of para-hydroxylation sites is 1. The van der Waals surface area contributed by atoms with Gasteiger partial charge in [0.1, 0.15) is 0 Å². The van der Waals surface area contributed by atoms with Crippen LogP contribution < -0.4 is 5.73 Å². The van der Waals surface area contributed by atoms with Gasteiger partial charge in [0, 0.05) is 16.3 Å². The predicted octanol–water partition coefficient (Wildman–Crippen LogP) is 3.08. The van der Waals surface area contributed by atoms with Crippen molar-refractivity contribution in [3.8, 4) is 0 Å². The topological polar surface area (TPSA) is 46.2 Å². The van der Waals surface area contributed by atoms with Crippen molar-refractivity contribution in [3.63, 3.8) is 0 Å². The Balaban J connectivity index is 2.72. The van der Waals surface area contributed by atoms with Gasteiger partial charge in [-0.3, -0.25) is 0 Å². The number of thioether (sulfide) groups is 1. The van der Waals surface area contributed by atoms with Crippen LogP contribution in [0.15, 0.2) is 23.1 Å². The van der Waals surface area contributed by atoms with E-state index in [1.165, 1.54) is 0 Å². The summed E-state index contributed by atoms with van der Waals surface area (Å²) in [7, 11) is 0. The zero-order valence-electron chi connectivity index (χ0n) is 10.4. The van der Waals surface area contributed by atoms with E-state index in [9.17, 15) is 5.11 Å². The molecule has 0 spiro atoms. The van der Waals surface area contributed by atoms with Crippen LogP contribution in [-0.2, 0) is 0 Å². The standard InChI is InChI=1S/C13H21NOS/c1-9(2)13(4,15)8-16-11-7-5-6-10(3)12(11)14/h5-7,9,15H,8,14H2,1-4H3. The molecule has 1 aromatic carbocycles. The second-order valence-corrected chi connectivity index (χ2v) is 5.80. The smallest absolute Gasteiger partial charge is 0.0736 e. The van der Waals surface area contributed by atoms with Crippen molar-refractivity contribution >= 4 is 17.4 Å². The molecule has 0 aliphatic heterocycles. The highest BCUT2D eigenvalue weighted by Gasteiger charge is 2.25. The number of nitrogens with two attached hydrogens (primary N) is 1. The minimum absolute atomic E-state index is 0.242. The molecule has 0 amide bonds. The number of anilines is 1. The Morgan fingerprint density at radius 1 is 1.44 bits per heavy atom. The normalized spacial score (nSPS) is 15.1. The molecular weight excluding hydrogens is 218 g/mol. The first-order valence-electron chi connectivity index (χ1n) is 5.55. The number of aryl methyl sites for hydroxylation is 1. The molecule has 0 saturated carbocycles. The molecule has 3 heteroatoms. The van der Waals surface area contributed by atoms with Crippen LogP contribution in [0.2, 0.25) is 0 Å². The number of hydrogen-bond donors (Lipinski definition) is 2. The van der Waals surface area contributed by atoms with E-state index in [-0.39, 0.29) is 5.92 Å².